The highest BCUT2D eigenvalue weighted by Gasteiger charge is 2.22. The van der Waals surface area contributed by atoms with Crippen LogP contribution in [0.15, 0.2) is 42.5 Å². The molecule has 8 heteroatoms. The van der Waals surface area contributed by atoms with E-state index in [0.29, 0.717) is 5.56 Å². The van der Waals surface area contributed by atoms with Crippen LogP contribution in [-0.2, 0) is 0 Å². The summed E-state index contributed by atoms with van der Waals surface area (Å²) >= 11 is 0. The SMILES string of the molecule is O=[N+]([O-])c1cc(-c2c(O)[nH]c(O)c2-c2ccc(O)cc2)ccc1[O-]. The number of benzene rings is 2. The van der Waals surface area contributed by atoms with E-state index < -0.39 is 22.2 Å². The molecule has 1 aromatic heterocycles. The third-order valence-electron chi connectivity index (χ3n) is 3.56. The van der Waals surface area contributed by atoms with Crippen LogP contribution in [0.3, 0.4) is 0 Å². The van der Waals surface area contributed by atoms with E-state index >= 15 is 0 Å². The molecule has 2 aromatic carbocycles. The van der Waals surface area contributed by atoms with Crippen LogP contribution in [0.5, 0.6) is 23.3 Å². The van der Waals surface area contributed by atoms with Gasteiger partial charge in [0.15, 0.2) is 11.8 Å². The third-order valence-corrected chi connectivity index (χ3v) is 3.56. The predicted octanol–water partition coefficient (Wildman–Crippen LogP) is 2.45. The maximum Gasteiger partial charge on any atom is 0.262 e. The van der Waals surface area contributed by atoms with Crippen molar-refractivity contribution in [2.45, 2.75) is 0 Å². The maximum absolute atomic E-state index is 11.5. The van der Waals surface area contributed by atoms with Gasteiger partial charge in [0.2, 0.25) is 0 Å². The van der Waals surface area contributed by atoms with Crippen molar-refractivity contribution in [2.75, 3.05) is 0 Å². The Balaban J connectivity index is 2.24. The number of nitrogens with one attached hydrogen (secondary N) is 1. The fourth-order valence-corrected chi connectivity index (χ4v) is 2.48. The number of phenols is 1. The monoisotopic (exact) mass is 327 g/mol. The molecule has 3 aromatic rings. The van der Waals surface area contributed by atoms with Crippen LogP contribution in [0.25, 0.3) is 22.3 Å². The van der Waals surface area contributed by atoms with Crippen LogP contribution in [0, 0.1) is 10.1 Å². The molecule has 8 nitrogen and oxygen atoms in total. The van der Waals surface area contributed by atoms with Crippen LogP contribution < -0.4 is 5.11 Å². The molecule has 4 N–H and O–H groups in total. The summed E-state index contributed by atoms with van der Waals surface area (Å²) in [5, 5.41) is 52.0. The third kappa shape index (κ3) is 2.45. The number of hydrogen-bond acceptors (Lipinski definition) is 6. The second-order valence-corrected chi connectivity index (χ2v) is 5.06. The summed E-state index contributed by atoms with van der Waals surface area (Å²) in [7, 11) is 0. The maximum atomic E-state index is 11.5. The van der Waals surface area contributed by atoms with Gasteiger partial charge in [0, 0.05) is 6.07 Å². The summed E-state index contributed by atoms with van der Waals surface area (Å²) in [6.07, 6.45) is 0. The second-order valence-electron chi connectivity index (χ2n) is 5.06. The molecule has 24 heavy (non-hydrogen) atoms. The molecule has 122 valence electrons. The topological polar surface area (TPSA) is 143 Å². The van der Waals surface area contributed by atoms with E-state index in [-0.39, 0.29) is 28.3 Å². The molecule has 0 bridgehead atoms. The Morgan fingerprint density at radius 2 is 1.42 bits per heavy atom. The number of H-pyrrole nitrogens is 1. The zero-order valence-corrected chi connectivity index (χ0v) is 12.1. The second kappa shape index (κ2) is 5.51. The minimum Gasteiger partial charge on any atom is -0.868 e. The minimum absolute atomic E-state index is 0.0193. The normalized spacial score (nSPS) is 10.7. The van der Waals surface area contributed by atoms with Crippen LogP contribution in [0.4, 0.5) is 5.69 Å². The number of phenolic OH excluding ortho intramolecular Hbond substituents is 1. The lowest BCUT2D eigenvalue weighted by Gasteiger charge is -2.10. The number of aromatic amines is 1. The molecule has 1 heterocycles. The minimum atomic E-state index is -0.810. The molecule has 3 rings (SSSR count). The van der Waals surface area contributed by atoms with Crippen molar-refractivity contribution in [3.8, 4) is 45.5 Å². The van der Waals surface area contributed by atoms with Gasteiger partial charge in [0.1, 0.15) is 5.75 Å². The number of hydrogen-bond donors (Lipinski definition) is 4. The van der Waals surface area contributed by atoms with Crippen molar-refractivity contribution in [3.63, 3.8) is 0 Å². The number of nitro groups is 1. The lowest BCUT2D eigenvalue weighted by Crippen LogP contribution is -1.97. The van der Waals surface area contributed by atoms with E-state index in [0.717, 1.165) is 12.1 Å². The van der Waals surface area contributed by atoms with Crippen molar-refractivity contribution >= 4 is 5.69 Å². The van der Waals surface area contributed by atoms with Crippen LogP contribution in [-0.4, -0.2) is 25.2 Å². The van der Waals surface area contributed by atoms with Gasteiger partial charge in [0.05, 0.1) is 16.1 Å². The lowest BCUT2D eigenvalue weighted by atomic mass is 9.97. The zero-order valence-electron chi connectivity index (χ0n) is 12.1. The average Bonchev–Trinajstić information content (AvgIpc) is 2.83. The fourth-order valence-electron chi connectivity index (χ4n) is 2.48. The summed E-state index contributed by atoms with van der Waals surface area (Å²) in [6, 6.07) is 9.19. The highest BCUT2D eigenvalue weighted by molar-refractivity contribution is 5.91. The summed E-state index contributed by atoms with van der Waals surface area (Å²) in [4.78, 5) is 12.5. The largest absolute Gasteiger partial charge is 0.868 e. The highest BCUT2D eigenvalue weighted by Crippen LogP contribution is 2.46. The molecule has 0 saturated carbocycles. The van der Waals surface area contributed by atoms with Crippen LogP contribution >= 0.6 is 0 Å². The van der Waals surface area contributed by atoms with Gasteiger partial charge in [-0.2, -0.15) is 0 Å². The molecular formula is C16H11N2O6-. The van der Waals surface area contributed by atoms with Gasteiger partial charge in [-0.1, -0.05) is 24.3 Å². The Morgan fingerprint density at radius 1 is 0.875 bits per heavy atom. The smallest absolute Gasteiger partial charge is 0.262 e. The van der Waals surface area contributed by atoms with Crippen molar-refractivity contribution in [1.29, 1.82) is 0 Å². The Hall–Kier alpha value is -3.68. The number of rotatable bonds is 3. The van der Waals surface area contributed by atoms with Crippen molar-refractivity contribution in [3.05, 3.63) is 52.6 Å². The van der Waals surface area contributed by atoms with E-state index in [1.165, 1.54) is 30.3 Å². The predicted molar refractivity (Wildman–Crippen MR) is 82.8 cm³/mol. The highest BCUT2D eigenvalue weighted by atomic mass is 16.6. The summed E-state index contributed by atoms with van der Waals surface area (Å²) in [6.45, 7) is 0. The molecule has 0 aliphatic carbocycles. The van der Waals surface area contributed by atoms with E-state index in [1.807, 2.05) is 0 Å². The van der Waals surface area contributed by atoms with E-state index in [2.05, 4.69) is 4.98 Å². The van der Waals surface area contributed by atoms with Gasteiger partial charge in [-0.3, -0.25) is 15.1 Å². The summed E-state index contributed by atoms with van der Waals surface area (Å²) < 4.78 is 0. The van der Waals surface area contributed by atoms with Crippen molar-refractivity contribution in [1.82, 2.24) is 4.98 Å². The summed E-state index contributed by atoms with van der Waals surface area (Å²) in [5.41, 5.74) is 0.329. The van der Waals surface area contributed by atoms with E-state index in [1.54, 1.807) is 0 Å². The first-order chi connectivity index (χ1) is 11.4. The number of aromatic hydroxyl groups is 3. The van der Waals surface area contributed by atoms with Crippen molar-refractivity contribution < 1.29 is 25.3 Å². The van der Waals surface area contributed by atoms with E-state index in [9.17, 15) is 30.5 Å². The zero-order chi connectivity index (χ0) is 17.4. The van der Waals surface area contributed by atoms with Gasteiger partial charge in [-0.25, -0.2) is 0 Å². The first-order valence-corrected chi connectivity index (χ1v) is 6.77. The fraction of sp³-hybridized carbons (Fsp3) is 0. The molecule has 0 saturated heterocycles. The lowest BCUT2D eigenvalue weighted by molar-refractivity contribution is -0.398. The number of aromatic nitrogens is 1. The molecule has 0 atom stereocenters. The van der Waals surface area contributed by atoms with Crippen LogP contribution in [0.1, 0.15) is 0 Å². The first kappa shape index (κ1) is 15.2. The first-order valence-electron chi connectivity index (χ1n) is 6.77. The molecule has 0 amide bonds. The van der Waals surface area contributed by atoms with Gasteiger partial charge in [-0.05, 0) is 29.0 Å². The van der Waals surface area contributed by atoms with Gasteiger partial charge >= 0.3 is 0 Å². The van der Waals surface area contributed by atoms with Gasteiger partial charge in [0.25, 0.3) is 5.69 Å². The molecular weight excluding hydrogens is 316 g/mol. The Bertz CT molecular complexity index is 930. The van der Waals surface area contributed by atoms with Gasteiger partial charge in [-0.15, -0.1) is 0 Å². The van der Waals surface area contributed by atoms with Crippen molar-refractivity contribution in [2.24, 2.45) is 0 Å². The number of nitro benzene ring substituents is 1. The molecule has 0 fully saturated rings. The molecule has 0 radical (unpaired) electrons. The van der Waals surface area contributed by atoms with Crippen LogP contribution in [0.2, 0.25) is 0 Å². The Kier molecular flexibility index (Phi) is 3.49. The molecule has 0 aliphatic rings. The average molecular weight is 327 g/mol. The Morgan fingerprint density at radius 3 is 2.00 bits per heavy atom. The molecule has 0 spiro atoms. The molecule has 0 aliphatic heterocycles. The Labute approximate surface area is 135 Å². The quantitative estimate of drug-likeness (QED) is 0.430. The molecule has 0 unspecified atom stereocenters. The summed E-state index contributed by atoms with van der Waals surface area (Å²) in [5.74, 6) is -1.48. The number of nitrogens with zero attached hydrogens (tertiary/aromatic N) is 1. The standard InChI is InChI=1S/C16H12N2O6/c19-10-4-1-8(2-5-10)13-14(16(22)17-15(13)21)9-3-6-12(20)11(7-9)18(23)24/h1-7,17,19-22H/p-1. The van der Waals surface area contributed by atoms with Gasteiger partial charge < -0.3 is 20.4 Å². The van der Waals surface area contributed by atoms with E-state index in [4.69, 9.17) is 0 Å².